The van der Waals surface area contributed by atoms with Crippen molar-refractivity contribution in [3.63, 3.8) is 0 Å². The lowest BCUT2D eigenvalue weighted by atomic mass is 9.97. The van der Waals surface area contributed by atoms with E-state index in [1.165, 1.54) is 0 Å². The number of nitrogens with one attached hydrogen (secondary N) is 2. The number of carbonyl (C=O) groups excluding carboxylic acids is 2. The Hall–Kier alpha value is -1.63. The van der Waals surface area contributed by atoms with Crippen molar-refractivity contribution in [1.82, 2.24) is 15.5 Å². The Bertz CT molecular complexity index is 436. The van der Waals surface area contributed by atoms with Crippen LogP contribution in [0, 0.1) is 5.92 Å². The molecule has 118 valence electrons. The van der Waals surface area contributed by atoms with Crippen molar-refractivity contribution < 1.29 is 14.3 Å². The Kier molecular flexibility index (Phi) is 4.82. The van der Waals surface area contributed by atoms with Crippen molar-refractivity contribution in [2.45, 2.75) is 39.2 Å². The molecule has 2 heterocycles. The van der Waals surface area contributed by atoms with Gasteiger partial charge in [0, 0.05) is 12.5 Å². The number of piperidine rings is 1. The fraction of sp³-hybridized carbons (Fsp3) is 0.786. The van der Waals surface area contributed by atoms with Gasteiger partial charge in [0.1, 0.15) is 5.60 Å². The number of imide groups is 1. The largest absolute Gasteiger partial charge is 0.443 e. The molecule has 7 nitrogen and oxygen atoms in total. The highest BCUT2D eigenvalue weighted by atomic mass is 16.6. The number of carbonyl (C=O) groups is 2. The minimum Gasteiger partial charge on any atom is -0.443 e. The smallest absolute Gasteiger partial charge is 0.424 e. The highest BCUT2D eigenvalue weighted by Gasteiger charge is 2.36. The molecule has 0 aromatic heterocycles. The minimum absolute atomic E-state index is 0.163. The lowest BCUT2D eigenvalue weighted by molar-refractivity contribution is -0.131. The van der Waals surface area contributed by atoms with Gasteiger partial charge in [0.2, 0.25) is 11.9 Å². The third-order valence-electron chi connectivity index (χ3n) is 3.35. The maximum atomic E-state index is 12.7. The summed E-state index contributed by atoms with van der Waals surface area (Å²) in [4.78, 5) is 30.3. The molecule has 0 bridgehead atoms. The lowest BCUT2D eigenvalue weighted by Crippen LogP contribution is -2.52. The quantitative estimate of drug-likeness (QED) is 0.744. The van der Waals surface area contributed by atoms with Gasteiger partial charge in [0.05, 0.1) is 6.54 Å². The molecule has 2 aliphatic heterocycles. The van der Waals surface area contributed by atoms with Crippen LogP contribution in [0.2, 0.25) is 0 Å². The zero-order valence-electron chi connectivity index (χ0n) is 12.9. The second-order valence-electron chi connectivity index (χ2n) is 6.31. The molecule has 0 aromatic carbocycles. The average molecular weight is 296 g/mol. The van der Waals surface area contributed by atoms with Gasteiger partial charge in [0.15, 0.2) is 0 Å². The molecule has 2 N–H and O–H groups in total. The first kappa shape index (κ1) is 15.8. The lowest BCUT2D eigenvalue weighted by Gasteiger charge is -2.30. The van der Waals surface area contributed by atoms with Crippen molar-refractivity contribution in [2.24, 2.45) is 10.9 Å². The van der Waals surface area contributed by atoms with Gasteiger partial charge in [-0.2, -0.15) is 4.90 Å². The van der Waals surface area contributed by atoms with Crippen LogP contribution in [0.15, 0.2) is 4.99 Å². The van der Waals surface area contributed by atoms with Gasteiger partial charge in [-0.15, -0.1) is 0 Å². The molecule has 2 amide bonds. The zero-order chi connectivity index (χ0) is 15.5. The number of rotatable bonds is 1. The van der Waals surface area contributed by atoms with Gasteiger partial charge in [-0.3, -0.25) is 9.79 Å². The van der Waals surface area contributed by atoms with Crippen molar-refractivity contribution in [3.05, 3.63) is 0 Å². The Morgan fingerprint density at radius 2 is 1.90 bits per heavy atom. The normalized spacial score (nSPS) is 19.7. The zero-order valence-corrected chi connectivity index (χ0v) is 12.9. The number of hydrogen-bond acceptors (Lipinski definition) is 6. The molecular weight excluding hydrogens is 272 g/mol. The SMILES string of the molecule is CC(C)(C)OC(=O)N(C(=O)C1CCNCC1)C1=NCCN1. The second-order valence-corrected chi connectivity index (χ2v) is 6.31. The van der Waals surface area contributed by atoms with E-state index < -0.39 is 11.7 Å². The molecule has 21 heavy (non-hydrogen) atoms. The van der Waals surface area contributed by atoms with Crippen molar-refractivity contribution >= 4 is 18.0 Å². The van der Waals surface area contributed by atoms with Crippen molar-refractivity contribution in [1.29, 1.82) is 0 Å². The number of hydrogen-bond donors (Lipinski definition) is 2. The van der Waals surface area contributed by atoms with Crippen molar-refractivity contribution in [3.8, 4) is 0 Å². The van der Waals surface area contributed by atoms with E-state index in [4.69, 9.17) is 4.74 Å². The van der Waals surface area contributed by atoms with Crippen LogP contribution in [0.4, 0.5) is 4.79 Å². The first-order valence-corrected chi connectivity index (χ1v) is 7.44. The summed E-state index contributed by atoms with van der Waals surface area (Å²) in [6, 6.07) is 0. The van der Waals surface area contributed by atoms with Crippen LogP contribution >= 0.6 is 0 Å². The standard InChI is InChI=1S/C14H24N4O3/c1-14(2,3)21-13(20)18(12-16-8-9-17-12)11(19)10-4-6-15-7-5-10/h10,15H,4-9H2,1-3H3,(H,16,17). The second kappa shape index (κ2) is 6.43. The molecule has 1 saturated heterocycles. The highest BCUT2D eigenvalue weighted by Crippen LogP contribution is 2.18. The summed E-state index contributed by atoms with van der Waals surface area (Å²) in [5.74, 6) is -0.0736. The van der Waals surface area contributed by atoms with Crippen LogP contribution in [0.25, 0.3) is 0 Å². The highest BCUT2D eigenvalue weighted by molar-refractivity contribution is 6.11. The molecular formula is C14H24N4O3. The number of aliphatic imine (C=N–C) groups is 1. The van der Waals surface area contributed by atoms with E-state index in [-0.39, 0.29) is 11.8 Å². The maximum Gasteiger partial charge on any atom is 0.424 e. The van der Waals surface area contributed by atoms with E-state index in [0.717, 1.165) is 30.8 Å². The molecule has 0 atom stereocenters. The minimum atomic E-state index is -0.654. The van der Waals surface area contributed by atoms with Crippen LogP contribution in [-0.4, -0.2) is 54.6 Å². The Morgan fingerprint density at radius 3 is 2.43 bits per heavy atom. The van der Waals surface area contributed by atoms with Crippen LogP contribution < -0.4 is 10.6 Å². The van der Waals surface area contributed by atoms with E-state index in [1.54, 1.807) is 20.8 Å². The molecule has 0 unspecified atom stereocenters. The molecule has 7 heteroatoms. The van der Waals surface area contributed by atoms with E-state index in [1.807, 2.05) is 0 Å². The monoisotopic (exact) mass is 296 g/mol. The summed E-state index contributed by atoms with van der Waals surface area (Å²) in [7, 11) is 0. The molecule has 0 spiro atoms. The summed E-state index contributed by atoms with van der Waals surface area (Å²) in [5.41, 5.74) is -0.650. The number of amides is 2. The molecule has 1 fully saturated rings. The van der Waals surface area contributed by atoms with Gasteiger partial charge < -0.3 is 15.4 Å². The third-order valence-corrected chi connectivity index (χ3v) is 3.35. The first-order chi connectivity index (χ1) is 9.88. The fourth-order valence-corrected chi connectivity index (χ4v) is 2.38. The molecule has 2 rings (SSSR count). The van der Waals surface area contributed by atoms with Gasteiger partial charge in [-0.25, -0.2) is 4.79 Å². The van der Waals surface area contributed by atoms with Gasteiger partial charge >= 0.3 is 6.09 Å². The van der Waals surface area contributed by atoms with Crippen LogP contribution in [0.5, 0.6) is 0 Å². The number of ether oxygens (including phenoxy) is 1. The Labute approximate surface area is 125 Å². The van der Waals surface area contributed by atoms with E-state index in [0.29, 0.717) is 19.0 Å². The van der Waals surface area contributed by atoms with E-state index in [9.17, 15) is 9.59 Å². The van der Waals surface area contributed by atoms with Gasteiger partial charge in [-0.05, 0) is 46.7 Å². The Balaban J connectivity index is 2.15. The van der Waals surface area contributed by atoms with Crippen molar-refractivity contribution in [2.75, 3.05) is 26.2 Å². The molecule has 0 aromatic rings. The van der Waals surface area contributed by atoms with Gasteiger partial charge in [0.25, 0.3) is 0 Å². The summed E-state index contributed by atoms with van der Waals surface area (Å²) >= 11 is 0. The Morgan fingerprint density at radius 1 is 1.24 bits per heavy atom. The molecule has 0 saturated carbocycles. The predicted molar refractivity (Wildman–Crippen MR) is 79.0 cm³/mol. The van der Waals surface area contributed by atoms with Crippen LogP contribution in [-0.2, 0) is 9.53 Å². The van der Waals surface area contributed by atoms with Crippen LogP contribution in [0.3, 0.4) is 0 Å². The summed E-state index contributed by atoms with van der Waals surface area (Å²) < 4.78 is 5.35. The molecule has 0 aliphatic carbocycles. The maximum absolute atomic E-state index is 12.7. The van der Waals surface area contributed by atoms with E-state index >= 15 is 0 Å². The van der Waals surface area contributed by atoms with Crippen LogP contribution in [0.1, 0.15) is 33.6 Å². The average Bonchev–Trinajstić information content (AvgIpc) is 2.91. The summed E-state index contributed by atoms with van der Waals surface area (Å²) in [6.45, 7) is 8.12. The first-order valence-electron chi connectivity index (χ1n) is 7.44. The third kappa shape index (κ3) is 4.17. The fourth-order valence-electron chi connectivity index (χ4n) is 2.38. The summed E-state index contributed by atoms with van der Waals surface area (Å²) in [5, 5.41) is 6.19. The van der Waals surface area contributed by atoms with Gasteiger partial charge in [-0.1, -0.05) is 0 Å². The molecule has 0 radical (unpaired) electrons. The summed E-state index contributed by atoms with van der Waals surface area (Å²) in [6.07, 6.45) is 0.802. The number of guanidine groups is 1. The molecule has 2 aliphatic rings. The number of nitrogens with zero attached hydrogens (tertiary/aromatic N) is 2. The van der Waals surface area contributed by atoms with E-state index in [2.05, 4.69) is 15.6 Å². The predicted octanol–water partition coefficient (Wildman–Crippen LogP) is 0.709. The topological polar surface area (TPSA) is 83.0 Å².